The zero-order valence-corrected chi connectivity index (χ0v) is 14.7. The summed E-state index contributed by atoms with van der Waals surface area (Å²) in [6.45, 7) is 4.07. The van der Waals surface area contributed by atoms with E-state index < -0.39 is 5.60 Å². The molecule has 1 fully saturated rings. The second-order valence-corrected chi connectivity index (χ2v) is 7.50. The molecule has 0 radical (unpaired) electrons. The summed E-state index contributed by atoms with van der Waals surface area (Å²) in [6, 6.07) is 0. The Hall–Kier alpha value is -0.980. The van der Waals surface area contributed by atoms with E-state index in [4.69, 9.17) is 0 Å². The van der Waals surface area contributed by atoms with Gasteiger partial charge in [-0.1, -0.05) is 0 Å². The molecule has 1 N–H and O–H groups in total. The lowest BCUT2D eigenvalue weighted by Crippen LogP contribution is -2.41. The van der Waals surface area contributed by atoms with E-state index in [9.17, 15) is 9.90 Å². The number of aliphatic hydroxyl groups is 1. The van der Waals surface area contributed by atoms with Crippen molar-refractivity contribution < 1.29 is 9.90 Å². The standard InChI is InChI=1S/C16H27N3O2S/c1-13-14(22-12-17-13)5-6-15(20)19-9-4-7-16(21,8-10-19)11-18(2)3/h12,21H,4-11H2,1-3H3/t16-/m1/s1. The molecule has 1 atom stereocenters. The Morgan fingerprint density at radius 2 is 2.23 bits per heavy atom. The van der Waals surface area contributed by atoms with Crippen LogP contribution in [0.1, 0.15) is 36.3 Å². The van der Waals surface area contributed by atoms with Crippen LogP contribution in [-0.2, 0) is 11.2 Å². The number of rotatable bonds is 5. The van der Waals surface area contributed by atoms with Gasteiger partial charge in [-0.25, -0.2) is 4.98 Å². The maximum Gasteiger partial charge on any atom is 0.222 e. The summed E-state index contributed by atoms with van der Waals surface area (Å²) >= 11 is 1.62. The minimum Gasteiger partial charge on any atom is -0.388 e. The number of carbonyl (C=O) groups is 1. The van der Waals surface area contributed by atoms with Gasteiger partial charge in [-0.3, -0.25) is 4.79 Å². The second-order valence-electron chi connectivity index (χ2n) is 6.56. The molecule has 22 heavy (non-hydrogen) atoms. The van der Waals surface area contributed by atoms with Crippen molar-refractivity contribution in [1.29, 1.82) is 0 Å². The lowest BCUT2D eigenvalue weighted by atomic mass is 9.94. The van der Waals surface area contributed by atoms with Crippen LogP contribution in [0.5, 0.6) is 0 Å². The van der Waals surface area contributed by atoms with E-state index in [-0.39, 0.29) is 5.91 Å². The van der Waals surface area contributed by atoms with Gasteiger partial charge in [-0.15, -0.1) is 11.3 Å². The molecule has 2 heterocycles. The third-order valence-corrected chi connectivity index (χ3v) is 5.29. The smallest absolute Gasteiger partial charge is 0.222 e. The first-order valence-corrected chi connectivity index (χ1v) is 8.81. The quantitative estimate of drug-likeness (QED) is 0.895. The minimum absolute atomic E-state index is 0.196. The van der Waals surface area contributed by atoms with E-state index in [1.165, 1.54) is 4.88 Å². The molecular weight excluding hydrogens is 298 g/mol. The van der Waals surface area contributed by atoms with Gasteiger partial charge in [0.05, 0.1) is 16.8 Å². The van der Waals surface area contributed by atoms with Crippen molar-refractivity contribution in [3.8, 4) is 0 Å². The molecule has 0 spiro atoms. The predicted octanol–water partition coefficient (Wildman–Crippen LogP) is 1.69. The maximum absolute atomic E-state index is 12.4. The van der Waals surface area contributed by atoms with Gasteiger partial charge in [0.15, 0.2) is 0 Å². The fraction of sp³-hybridized carbons (Fsp3) is 0.750. The van der Waals surface area contributed by atoms with Crippen molar-refractivity contribution >= 4 is 17.2 Å². The summed E-state index contributed by atoms with van der Waals surface area (Å²) < 4.78 is 0. The van der Waals surface area contributed by atoms with Crippen LogP contribution in [0.25, 0.3) is 0 Å². The first kappa shape index (κ1) is 17.4. The van der Waals surface area contributed by atoms with Crippen LogP contribution < -0.4 is 0 Å². The van der Waals surface area contributed by atoms with Crippen LogP contribution in [0.4, 0.5) is 0 Å². The molecule has 0 saturated carbocycles. The topological polar surface area (TPSA) is 56.7 Å². The largest absolute Gasteiger partial charge is 0.388 e. The van der Waals surface area contributed by atoms with Gasteiger partial charge in [0.1, 0.15) is 0 Å². The summed E-state index contributed by atoms with van der Waals surface area (Å²) in [5.74, 6) is 0.196. The lowest BCUT2D eigenvalue weighted by Gasteiger charge is -2.30. The van der Waals surface area contributed by atoms with Crippen molar-refractivity contribution in [2.75, 3.05) is 33.7 Å². The number of hydrogen-bond donors (Lipinski definition) is 1. The molecular formula is C16H27N3O2S. The van der Waals surface area contributed by atoms with Crippen molar-refractivity contribution in [2.24, 2.45) is 0 Å². The summed E-state index contributed by atoms with van der Waals surface area (Å²) in [6.07, 6.45) is 3.61. The Morgan fingerprint density at radius 1 is 1.45 bits per heavy atom. The van der Waals surface area contributed by atoms with E-state index in [0.717, 1.165) is 31.5 Å². The van der Waals surface area contributed by atoms with Crippen LogP contribution in [0, 0.1) is 6.92 Å². The molecule has 0 aromatic carbocycles. The van der Waals surface area contributed by atoms with Gasteiger partial charge >= 0.3 is 0 Å². The van der Waals surface area contributed by atoms with Gasteiger partial charge in [0, 0.05) is 30.9 Å². The third-order valence-electron chi connectivity index (χ3n) is 4.29. The molecule has 1 aliphatic heterocycles. The molecule has 0 aliphatic carbocycles. The fourth-order valence-corrected chi connectivity index (χ4v) is 3.90. The minimum atomic E-state index is -0.660. The number of aryl methyl sites for hydroxylation is 2. The number of carbonyl (C=O) groups excluding carboxylic acids is 1. The molecule has 0 bridgehead atoms. The number of amides is 1. The highest BCUT2D eigenvalue weighted by Gasteiger charge is 2.31. The SMILES string of the molecule is Cc1ncsc1CCC(=O)N1CCC[C@](O)(CN(C)C)CC1. The molecule has 5 nitrogen and oxygen atoms in total. The van der Waals surface area contributed by atoms with Crippen molar-refractivity contribution in [3.63, 3.8) is 0 Å². The van der Waals surface area contributed by atoms with E-state index in [1.54, 1.807) is 11.3 Å². The Bertz CT molecular complexity index is 503. The van der Waals surface area contributed by atoms with Crippen LogP contribution in [0.2, 0.25) is 0 Å². The first-order valence-electron chi connectivity index (χ1n) is 7.93. The summed E-state index contributed by atoms with van der Waals surface area (Å²) in [5, 5.41) is 10.7. The lowest BCUT2D eigenvalue weighted by molar-refractivity contribution is -0.131. The highest BCUT2D eigenvalue weighted by molar-refractivity contribution is 7.09. The van der Waals surface area contributed by atoms with E-state index in [0.29, 0.717) is 25.9 Å². The second kappa shape index (κ2) is 7.53. The highest BCUT2D eigenvalue weighted by atomic mass is 32.1. The van der Waals surface area contributed by atoms with E-state index in [1.807, 2.05) is 36.3 Å². The number of likely N-dealkylation sites (N-methyl/N-ethyl adjacent to an activating group) is 1. The summed E-state index contributed by atoms with van der Waals surface area (Å²) in [7, 11) is 3.95. The van der Waals surface area contributed by atoms with Gasteiger partial charge in [-0.05, 0) is 46.7 Å². The van der Waals surface area contributed by atoms with Crippen molar-refractivity contribution in [1.82, 2.24) is 14.8 Å². The normalized spacial score (nSPS) is 22.9. The number of aromatic nitrogens is 1. The van der Waals surface area contributed by atoms with Gasteiger partial charge in [0.25, 0.3) is 0 Å². The van der Waals surface area contributed by atoms with Crippen molar-refractivity contribution in [3.05, 3.63) is 16.1 Å². The molecule has 1 aliphatic rings. The molecule has 0 unspecified atom stereocenters. The Kier molecular flexibility index (Phi) is 5.94. The van der Waals surface area contributed by atoms with Crippen LogP contribution in [0.3, 0.4) is 0 Å². The molecule has 2 rings (SSSR count). The van der Waals surface area contributed by atoms with Gasteiger partial charge < -0.3 is 14.9 Å². The van der Waals surface area contributed by atoms with Gasteiger partial charge in [0.2, 0.25) is 5.91 Å². The average molecular weight is 325 g/mol. The number of likely N-dealkylation sites (tertiary alicyclic amines) is 1. The van der Waals surface area contributed by atoms with Crippen molar-refractivity contribution in [2.45, 2.75) is 44.6 Å². The number of hydrogen-bond acceptors (Lipinski definition) is 5. The highest BCUT2D eigenvalue weighted by Crippen LogP contribution is 2.24. The molecule has 1 saturated heterocycles. The first-order chi connectivity index (χ1) is 10.4. The molecule has 124 valence electrons. The van der Waals surface area contributed by atoms with Crippen LogP contribution >= 0.6 is 11.3 Å². The Labute approximate surface area is 137 Å². The van der Waals surface area contributed by atoms with E-state index in [2.05, 4.69) is 4.98 Å². The molecule has 1 amide bonds. The molecule has 1 aromatic heterocycles. The zero-order chi connectivity index (χ0) is 16.2. The third kappa shape index (κ3) is 4.76. The Morgan fingerprint density at radius 3 is 2.86 bits per heavy atom. The summed E-state index contributed by atoms with van der Waals surface area (Å²) in [4.78, 5) is 21.8. The molecule has 1 aromatic rings. The number of thiazole rings is 1. The average Bonchev–Trinajstić information content (AvgIpc) is 2.74. The zero-order valence-electron chi connectivity index (χ0n) is 13.8. The maximum atomic E-state index is 12.4. The molecule has 6 heteroatoms. The summed E-state index contributed by atoms with van der Waals surface area (Å²) in [5.41, 5.74) is 2.21. The monoisotopic (exact) mass is 325 g/mol. The van der Waals surface area contributed by atoms with E-state index >= 15 is 0 Å². The fourth-order valence-electron chi connectivity index (χ4n) is 3.12. The number of nitrogens with zero attached hydrogens (tertiary/aromatic N) is 3. The Balaban J connectivity index is 1.85. The van der Waals surface area contributed by atoms with Crippen LogP contribution in [0.15, 0.2) is 5.51 Å². The van der Waals surface area contributed by atoms with Gasteiger partial charge in [-0.2, -0.15) is 0 Å². The van der Waals surface area contributed by atoms with Crippen LogP contribution in [-0.4, -0.2) is 65.1 Å². The predicted molar refractivity (Wildman–Crippen MR) is 89.1 cm³/mol.